The van der Waals surface area contributed by atoms with Gasteiger partial charge in [-0.3, -0.25) is 4.68 Å². The number of aliphatic hydroxyl groups excluding tert-OH is 1. The molecule has 0 aliphatic rings. The van der Waals surface area contributed by atoms with Crippen LogP contribution in [0.3, 0.4) is 0 Å². The first-order valence-corrected chi connectivity index (χ1v) is 5.07. The summed E-state index contributed by atoms with van der Waals surface area (Å²) >= 11 is 0. The molecule has 1 unspecified atom stereocenters. The van der Waals surface area contributed by atoms with E-state index in [9.17, 15) is 0 Å². The number of aliphatic hydroxyl groups is 1. The number of rotatable bonds is 5. The van der Waals surface area contributed by atoms with Gasteiger partial charge in [-0.05, 0) is 20.4 Å². The van der Waals surface area contributed by atoms with Crippen molar-refractivity contribution in [3.63, 3.8) is 0 Å². The van der Waals surface area contributed by atoms with Crippen LogP contribution in [0, 0.1) is 6.92 Å². The van der Waals surface area contributed by atoms with Crippen LogP contribution in [0.5, 0.6) is 0 Å². The van der Waals surface area contributed by atoms with Gasteiger partial charge in [0.2, 0.25) is 0 Å². The van der Waals surface area contributed by atoms with Crippen molar-refractivity contribution >= 4 is 0 Å². The number of hydrogen-bond donors (Lipinski definition) is 2. The standard InChI is InChI=1S/C10H19N3O/c1-4-11-8(2)10-7-12-13(5-6-14)9(10)3/h7-8,11,14H,4-6H2,1-3H3. The molecule has 4 heteroatoms. The minimum Gasteiger partial charge on any atom is -0.394 e. The molecule has 4 nitrogen and oxygen atoms in total. The van der Waals surface area contributed by atoms with Gasteiger partial charge in [-0.25, -0.2) is 0 Å². The van der Waals surface area contributed by atoms with Crippen molar-refractivity contribution in [2.24, 2.45) is 0 Å². The minimum absolute atomic E-state index is 0.136. The fourth-order valence-corrected chi connectivity index (χ4v) is 1.62. The molecule has 0 radical (unpaired) electrons. The van der Waals surface area contributed by atoms with E-state index in [2.05, 4.69) is 24.3 Å². The van der Waals surface area contributed by atoms with E-state index in [4.69, 9.17) is 5.11 Å². The van der Waals surface area contributed by atoms with Gasteiger partial charge in [-0.15, -0.1) is 0 Å². The number of nitrogens with one attached hydrogen (secondary N) is 1. The third kappa shape index (κ3) is 2.33. The van der Waals surface area contributed by atoms with Gasteiger partial charge < -0.3 is 10.4 Å². The van der Waals surface area contributed by atoms with Gasteiger partial charge in [0.1, 0.15) is 0 Å². The highest BCUT2D eigenvalue weighted by molar-refractivity contribution is 5.19. The summed E-state index contributed by atoms with van der Waals surface area (Å²) in [5.74, 6) is 0. The summed E-state index contributed by atoms with van der Waals surface area (Å²) in [6.07, 6.45) is 1.87. The molecule has 0 aromatic carbocycles. The molecule has 0 spiro atoms. The predicted molar refractivity (Wildman–Crippen MR) is 56.1 cm³/mol. The van der Waals surface area contributed by atoms with Crippen LogP contribution in [0.25, 0.3) is 0 Å². The average molecular weight is 197 g/mol. The Kier molecular flexibility index (Phi) is 4.10. The second-order valence-corrected chi connectivity index (χ2v) is 3.41. The van der Waals surface area contributed by atoms with Crippen LogP contribution >= 0.6 is 0 Å². The Morgan fingerprint density at radius 3 is 2.93 bits per heavy atom. The van der Waals surface area contributed by atoms with Crippen molar-refractivity contribution in [2.45, 2.75) is 33.4 Å². The van der Waals surface area contributed by atoms with E-state index < -0.39 is 0 Å². The van der Waals surface area contributed by atoms with Gasteiger partial charge in [-0.1, -0.05) is 6.92 Å². The highest BCUT2D eigenvalue weighted by atomic mass is 16.3. The van der Waals surface area contributed by atoms with E-state index in [-0.39, 0.29) is 6.61 Å². The molecule has 1 heterocycles. The second kappa shape index (κ2) is 5.12. The molecular formula is C10H19N3O. The summed E-state index contributed by atoms with van der Waals surface area (Å²) in [4.78, 5) is 0. The van der Waals surface area contributed by atoms with Crippen molar-refractivity contribution in [2.75, 3.05) is 13.2 Å². The van der Waals surface area contributed by atoms with Crippen molar-refractivity contribution in [1.82, 2.24) is 15.1 Å². The van der Waals surface area contributed by atoms with Crippen LogP contribution in [-0.2, 0) is 6.54 Å². The number of aromatic nitrogens is 2. The van der Waals surface area contributed by atoms with Gasteiger partial charge in [0.05, 0.1) is 19.3 Å². The van der Waals surface area contributed by atoms with Crippen LogP contribution in [-0.4, -0.2) is 28.0 Å². The van der Waals surface area contributed by atoms with Crippen LogP contribution in [0.4, 0.5) is 0 Å². The molecule has 1 aromatic rings. The van der Waals surface area contributed by atoms with Gasteiger partial charge in [0, 0.05) is 17.3 Å². The number of hydrogen-bond acceptors (Lipinski definition) is 3. The molecule has 80 valence electrons. The molecule has 0 amide bonds. The monoisotopic (exact) mass is 197 g/mol. The lowest BCUT2D eigenvalue weighted by atomic mass is 10.1. The average Bonchev–Trinajstić information content (AvgIpc) is 2.49. The highest BCUT2D eigenvalue weighted by Crippen LogP contribution is 2.16. The van der Waals surface area contributed by atoms with Gasteiger partial charge in [0.15, 0.2) is 0 Å². The van der Waals surface area contributed by atoms with Crippen molar-refractivity contribution < 1.29 is 5.11 Å². The molecule has 0 saturated heterocycles. The van der Waals surface area contributed by atoms with Crippen LogP contribution in [0.2, 0.25) is 0 Å². The molecule has 1 aromatic heterocycles. The summed E-state index contributed by atoms with van der Waals surface area (Å²) in [6.45, 7) is 7.90. The van der Waals surface area contributed by atoms with E-state index >= 15 is 0 Å². The first kappa shape index (κ1) is 11.2. The van der Waals surface area contributed by atoms with E-state index in [1.165, 1.54) is 5.56 Å². The Hall–Kier alpha value is -0.870. The van der Waals surface area contributed by atoms with E-state index in [0.29, 0.717) is 12.6 Å². The third-order valence-electron chi connectivity index (χ3n) is 2.43. The highest BCUT2D eigenvalue weighted by Gasteiger charge is 2.11. The normalized spacial score (nSPS) is 13.1. The van der Waals surface area contributed by atoms with Gasteiger partial charge in [0.25, 0.3) is 0 Å². The van der Waals surface area contributed by atoms with Crippen LogP contribution < -0.4 is 5.32 Å². The minimum atomic E-state index is 0.136. The zero-order chi connectivity index (χ0) is 10.6. The van der Waals surface area contributed by atoms with E-state index in [0.717, 1.165) is 12.2 Å². The first-order chi connectivity index (χ1) is 6.70. The maximum Gasteiger partial charge on any atom is 0.0643 e. The molecule has 1 rings (SSSR count). The van der Waals surface area contributed by atoms with Crippen molar-refractivity contribution in [3.05, 3.63) is 17.5 Å². The quantitative estimate of drug-likeness (QED) is 0.736. The zero-order valence-corrected chi connectivity index (χ0v) is 9.12. The molecular weight excluding hydrogens is 178 g/mol. The van der Waals surface area contributed by atoms with Crippen LogP contribution in [0.15, 0.2) is 6.20 Å². The Bertz CT molecular complexity index is 283. The van der Waals surface area contributed by atoms with Crippen molar-refractivity contribution in [1.29, 1.82) is 0 Å². The number of nitrogens with zero attached hydrogens (tertiary/aromatic N) is 2. The Morgan fingerprint density at radius 2 is 2.36 bits per heavy atom. The fraction of sp³-hybridized carbons (Fsp3) is 0.700. The lowest BCUT2D eigenvalue weighted by molar-refractivity contribution is 0.268. The van der Waals surface area contributed by atoms with Gasteiger partial charge >= 0.3 is 0 Å². The molecule has 0 saturated carbocycles. The second-order valence-electron chi connectivity index (χ2n) is 3.41. The summed E-state index contributed by atoms with van der Waals surface area (Å²) < 4.78 is 1.84. The SMILES string of the molecule is CCNC(C)c1cnn(CCO)c1C. The fourth-order valence-electron chi connectivity index (χ4n) is 1.62. The van der Waals surface area contributed by atoms with Crippen molar-refractivity contribution in [3.8, 4) is 0 Å². The molecule has 0 bridgehead atoms. The molecule has 0 fully saturated rings. The molecule has 0 aliphatic carbocycles. The van der Waals surface area contributed by atoms with E-state index in [1.54, 1.807) is 0 Å². The summed E-state index contributed by atoms with van der Waals surface area (Å²) in [5.41, 5.74) is 2.34. The maximum absolute atomic E-state index is 8.82. The molecule has 14 heavy (non-hydrogen) atoms. The van der Waals surface area contributed by atoms with E-state index in [1.807, 2.05) is 17.8 Å². The third-order valence-corrected chi connectivity index (χ3v) is 2.43. The Labute approximate surface area is 84.9 Å². The predicted octanol–water partition coefficient (Wildman–Crippen LogP) is 0.854. The Morgan fingerprint density at radius 1 is 1.64 bits per heavy atom. The van der Waals surface area contributed by atoms with Crippen LogP contribution in [0.1, 0.15) is 31.1 Å². The lowest BCUT2D eigenvalue weighted by Crippen LogP contribution is -2.18. The Balaban J connectivity index is 2.77. The summed E-state index contributed by atoms with van der Waals surface area (Å²) in [7, 11) is 0. The smallest absolute Gasteiger partial charge is 0.0643 e. The van der Waals surface area contributed by atoms with Gasteiger partial charge in [-0.2, -0.15) is 5.10 Å². The molecule has 2 N–H and O–H groups in total. The molecule has 1 atom stereocenters. The largest absolute Gasteiger partial charge is 0.394 e. The first-order valence-electron chi connectivity index (χ1n) is 5.07. The maximum atomic E-state index is 8.82. The summed E-state index contributed by atoms with van der Waals surface area (Å²) in [6, 6.07) is 0.326. The topological polar surface area (TPSA) is 50.1 Å². The lowest BCUT2D eigenvalue weighted by Gasteiger charge is -2.11. The molecule has 0 aliphatic heterocycles. The summed E-state index contributed by atoms with van der Waals surface area (Å²) in [5, 5.41) is 16.4. The zero-order valence-electron chi connectivity index (χ0n) is 9.12.